The maximum Gasteiger partial charge on any atom is 0.573 e. The Balaban J connectivity index is 3.20. The van der Waals surface area contributed by atoms with Crippen molar-refractivity contribution in [2.45, 2.75) is 19.7 Å². The molecule has 21 heavy (non-hydrogen) atoms. The van der Waals surface area contributed by atoms with E-state index >= 15 is 0 Å². The number of carbonyl (C=O) groups is 2. The van der Waals surface area contributed by atoms with Crippen molar-refractivity contribution in [2.75, 3.05) is 6.61 Å². The molecule has 0 aliphatic rings. The SMILES string of the molecule is CCOC(=O)Cc1cc(C#N)c(OC(F)(F)F)cc1C=O. The molecule has 0 saturated carbocycles. The summed E-state index contributed by atoms with van der Waals surface area (Å²) < 4.78 is 45.0. The number of halogens is 3. The van der Waals surface area contributed by atoms with Gasteiger partial charge in [-0.15, -0.1) is 13.2 Å². The molecule has 0 unspecified atom stereocenters. The number of ether oxygens (including phenoxy) is 2. The molecule has 0 aliphatic carbocycles. The zero-order chi connectivity index (χ0) is 16.0. The minimum absolute atomic E-state index is 0.0922. The first-order chi connectivity index (χ1) is 9.80. The second-order valence-electron chi connectivity index (χ2n) is 3.81. The number of hydrogen-bond donors (Lipinski definition) is 0. The van der Waals surface area contributed by atoms with Gasteiger partial charge < -0.3 is 9.47 Å². The standard InChI is InChI=1S/C13H10F3NO4/c1-2-20-12(19)5-8-3-9(6-17)11(4-10(8)7-18)21-13(14,15)16/h3-4,7H,2,5H2,1H3. The first-order valence-corrected chi connectivity index (χ1v) is 5.74. The molecule has 0 amide bonds. The summed E-state index contributed by atoms with van der Waals surface area (Å²) in [6.07, 6.45) is -5.05. The predicted octanol–water partition coefficient (Wildman–Crippen LogP) is 2.37. The third-order valence-corrected chi connectivity index (χ3v) is 2.35. The van der Waals surface area contributed by atoms with Gasteiger partial charge in [-0.05, 0) is 24.6 Å². The lowest BCUT2D eigenvalue weighted by molar-refractivity contribution is -0.274. The summed E-state index contributed by atoms with van der Waals surface area (Å²) >= 11 is 0. The lowest BCUT2D eigenvalue weighted by Crippen LogP contribution is -2.18. The molecule has 112 valence electrons. The Kier molecular flexibility index (Phi) is 5.30. The molecule has 0 fully saturated rings. The first kappa shape index (κ1) is 16.5. The van der Waals surface area contributed by atoms with E-state index in [9.17, 15) is 22.8 Å². The Bertz CT molecular complexity index is 590. The molecule has 0 aliphatic heterocycles. The minimum atomic E-state index is -4.99. The van der Waals surface area contributed by atoms with E-state index in [2.05, 4.69) is 9.47 Å². The molecule has 0 saturated heterocycles. The summed E-state index contributed by atoms with van der Waals surface area (Å²) in [5.41, 5.74) is -0.520. The monoisotopic (exact) mass is 301 g/mol. The van der Waals surface area contributed by atoms with Gasteiger partial charge in [0.2, 0.25) is 0 Å². The van der Waals surface area contributed by atoms with E-state index in [-0.39, 0.29) is 30.4 Å². The van der Waals surface area contributed by atoms with Gasteiger partial charge in [0.25, 0.3) is 0 Å². The van der Waals surface area contributed by atoms with E-state index in [4.69, 9.17) is 5.26 Å². The topological polar surface area (TPSA) is 76.4 Å². The number of alkyl halides is 3. The number of hydrogen-bond acceptors (Lipinski definition) is 5. The average Bonchev–Trinajstić information content (AvgIpc) is 2.38. The van der Waals surface area contributed by atoms with E-state index in [0.717, 1.165) is 12.1 Å². The van der Waals surface area contributed by atoms with Crippen LogP contribution < -0.4 is 4.74 Å². The van der Waals surface area contributed by atoms with Gasteiger partial charge in [0.15, 0.2) is 0 Å². The van der Waals surface area contributed by atoms with Crippen LogP contribution in [0.1, 0.15) is 28.4 Å². The van der Waals surface area contributed by atoms with Crippen molar-refractivity contribution in [2.24, 2.45) is 0 Å². The Morgan fingerprint density at radius 1 is 1.43 bits per heavy atom. The molecule has 1 rings (SSSR count). The minimum Gasteiger partial charge on any atom is -0.466 e. The molecular weight excluding hydrogens is 291 g/mol. The van der Waals surface area contributed by atoms with Gasteiger partial charge in [0.1, 0.15) is 18.1 Å². The van der Waals surface area contributed by atoms with Gasteiger partial charge in [-0.3, -0.25) is 9.59 Å². The van der Waals surface area contributed by atoms with E-state index in [1.54, 1.807) is 6.92 Å². The van der Waals surface area contributed by atoms with Crippen LogP contribution >= 0.6 is 0 Å². The number of nitriles is 1. The highest BCUT2D eigenvalue weighted by molar-refractivity contribution is 5.83. The van der Waals surface area contributed by atoms with Crippen LogP contribution in [0.25, 0.3) is 0 Å². The maximum absolute atomic E-state index is 12.2. The molecule has 0 radical (unpaired) electrons. The summed E-state index contributed by atoms with van der Waals surface area (Å²) in [6, 6.07) is 3.30. The van der Waals surface area contributed by atoms with Crippen molar-refractivity contribution in [3.63, 3.8) is 0 Å². The van der Waals surface area contributed by atoms with Crippen molar-refractivity contribution in [1.29, 1.82) is 5.26 Å². The Labute approximate surface area is 117 Å². The molecule has 0 bridgehead atoms. The third-order valence-electron chi connectivity index (χ3n) is 2.35. The van der Waals surface area contributed by atoms with Crippen LogP contribution in [0.5, 0.6) is 5.75 Å². The van der Waals surface area contributed by atoms with Crippen LogP contribution in [0.15, 0.2) is 12.1 Å². The van der Waals surface area contributed by atoms with Crippen LogP contribution in [-0.2, 0) is 16.0 Å². The summed E-state index contributed by atoms with van der Waals surface area (Å²) in [6.45, 7) is 1.70. The largest absolute Gasteiger partial charge is 0.573 e. The Morgan fingerprint density at radius 3 is 2.57 bits per heavy atom. The molecule has 1 aromatic carbocycles. The fourth-order valence-electron chi connectivity index (χ4n) is 1.57. The average molecular weight is 301 g/mol. The number of nitrogens with zero attached hydrogens (tertiary/aromatic N) is 1. The Hall–Kier alpha value is -2.56. The van der Waals surface area contributed by atoms with Gasteiger partial charge in [0, 0.05) is 5.56 Å². The summed E-state index contributed by atoms with van der Waals surface area (Å²) in [5, 5.41) is 8.84. The van der Waals surface area contributed by atoms with Crippen LogP contribution in [0.2, 0.25) is 0 Å². The van der Waals surface area contributed by atoms with Crippen molar-refractivity contribution < 1.29 is 32.2 Å². The molecular formula is C13H10F3NO4. The van der Waals surface area contributed by atoms with Crippen LogP contribution in [0, 0.1) is 11.3 Å². The lowest BCUT2D eigenvalue weighted by atomic mass is 10.0. The molecule has 0 atom stereocenters. The predicted molar refractivity (Wildman–Crippen MR) is 63.6 cm³/mol. The zero-order valence-corrected chi connectivity index (χ0v) is 10.9. The number of esters is 1. The number of benzene rings is 1. The van der Waals surface area contributed by atoms with Gasteiger partial charge in [0.05, 0.1) is 18.6 Å². The summed E-state index contributed by atoms with van der Waals surface area (Å²) in [5.74, 6) is -1.45. The van der Waals surface area contributed by atoms with Crippen LogP contribution in [0.3, 0.4) is 0 Å². The molecule has 0 spiro atoms. The number of rotatable bonds is 5. The number of carbonyl (C=O) groups excluding carboxylic acids is 2. The van der Waals surface area contributed by atoms with Gasteiger partial charge in [-0.2, -0.15) is 5.26 Å². The highest BCUT2D eigenvalue weighted by Crippen LogP contribution is 2.28. The number of aldehydes is 1. The van der Waals surface area contributed by atoms with Crippen molar-refractivity contribution in [1.82, 2.24) is 0 Å². The smallest absolute Gasteiger partial charge is 0.466 e. The second kappa shape index (κ2) is 6.74. The molecule has 0 N–H and O–H groups in total. The van der Waals surface area contributed by atoms with Crippen LogP contribution in [0.4, 0.5) is 13.2 Å². The van der Waals surface area contributed by atoms with Gasteiger partial charge >= 0.3 is 12.3 Å². The lowest BCUT2D eigenvalue weighted by Gasteiger charge is -2.13. The fraction of sp³-hybridized carbons (Fsp3) is 0.308. The maximum atomic E-state index is 12.2. The zero-order valence-electron chi connectivity index (χ0n) is 10.9. The molecule has 0 aromatic heterocycles. The highest BCUT2D eigenvalue weighted by Gasteiger charge is 2.32. The van der Waals surface area contributed by atoms with E-state index < -0.39 is 23.6 Å². The van der Waals surface area contributed by atoms with Crippen molar-refractivity contribution >= 4 is 12.3 Å². The second-order valence-corrected chi connectivity index (χ2v) is 3.81. The van der Waals surface area contributed by atoms with Crippen molar-refractivity contribution in [3.05, 3.63) is 28.8 Å². The molecule has 1 aromatic rings. The highest BCUT2D eigenvalue weighted by atomic mass is 19.4. The van der Waals surface area contributed by atoms with E-state index in [1.165, 1.54) is 6.07 Å². The summed E-state index contributed by atoms with van der Waals surface area (Å²) in [7, 11) is 0. The fourth-order valence-corrected chi connectivity index (χ4v) is 1.57. The molecule has 5 nitrogen and oxygen atoms in total. The van der Waals surface area contributed by atoms with Gasteiger partial charge in [-0.1, -0.05) is 0 Å². The normalized spacial score (nSPS) is 10.6. The third kappa shape index (κ3) is 4.80. The first-order valence-electron chi connectivity index (χ1n) is 5.74. The summed E-state index contributed by atoms with van der Waals surface area (Å²) in [4.78, 5) is 22.3. The molecule has 0 heterocycles. The van der Waals surface area contributed by atoms with Crippen LogP contribution in [-0.4, -0.2) is 25.2 Å². The quantitative estimate of drug-likeness (QED) is 0.616. The Morgan fingerprint density at radius 2 is 2.10 bits per heavy atom. The molecule has 8 heteroatoms. The van der Waals surface area contributed by atoms with E-state index in [1.807, 2.05) is 0 Å². The van der Waals surface area contributed by atoms with Crippen molar-refractivity contribution in [3.8, 4) is 11.8 Å². The van der Waals surface area contributed by atoms with E-state index in [0.29, 0.717) is 0 Å². The van der Waals surface area contributed by atoms with Gasteiger partial charge in [-0.25, -0.2) is 0 Å².